The fourth-order valence-electron chi connectivity index (χ4n) is 3.67. The van der Waals surface area contributed by atoms with Crippen molar-refractivity contribution in [2.45, 2.75) is 51.6 Å². The third-order valence-corrected chi connectivity index (χ3v) is 4.55. The third-order valence-electron chi connectivity index (χ3n) is 4.55. The summed E-state index contributed by atoms with van der Waals surface area (Å²) in [5, 5.41) is 10.4. The molecule has 2 unspecified atom stereocenters. The third kappa shape index (κ3) is 2.01. The highest BCUT2D eigenvalue weighted by Crippen LogP contribution is 2.43. The first-order valence-corrected chi connectivity index (χ1v) is 7.27. The van der Waals surface area contributed by atoms with Crippen LogP contribution in [0.2, 0.25) is 0 Å². The van der Waals surface area contributed by atoms with E-state index in [1.54, 1.807) is 0 Å². The van der Waals surface area contributed by atoms with Crippen molar-refractivity contribution in [2.24, 2.45) is 5.92 Å². The smallest absolute Gasteiger partial charge is 0.0796 e. The minimum atomic E-state index is -0.227. The van der Waals surface area contributed by atoms with Crippen LogP contribution in [0.4, 0.5) is 0 Å². The summed E-state index contributed by atoms with van der Waals surface area (Å²) in [7, 11) is 0. The number of aliphatic hydroxyl groups excluding tert-OH is 1. The Bertz CT molecular complexity index is 472. The van der Waals surface area contributed by atoms with Crippen LogP contribution in [-0.2, 0) is 6.42 Å². The Morgan fingerprint density at radius 3 is 2.89 bits per heavy atom. The maximum atomic E-state index is 10.4. The van der Waals surface area contributed by atoms with Gasteiger partial charge in [0.05, 0.1) is 6.10 Å². The second-order valence-electron chi connectivity index (χ2n) is 5.78. The van der Waals surface area contributed by atoms with Gasteiger partial charge < -0.3 is 5.11 Å². The lowest BCUT2D eigenvalue weighted by molar-refractivity contribution is 0.196. The van der Waals surface area contributed by atoms with Crippen LogP contribution < -0.4 is 0 Å². The van der Waals surface area contributed by atoms with E-state index in [9.17, 15) is 5.11 Å². The van der Waals surface area contributed by atoms with Crippen molar-refractivity contribution in [1.82, 2.24) is 0 Å². The molecule has 0 aliphatic heterocycles. The van der Waals surface area contributed by atoms with Gasteiger partial charge in [0, 0.05) is 6.42 Å². The van der Waals surface area contributed by atoms with Gasteiger partial charge in [0.1, 0.15) is 0 Å². The van der Waals surface area contributed by atoms with Crippen LogP contribution in [0.25, 0.3) is 5.57 Å². The highest BCUT2D eigenvalue weighted by molar-refractivity contribution is 5.74. The zero-order valence-corrected chi connectivity index (χ0v) is 11.2. The van der Waals surface area contributed by atoms with Crippen LogP contribution in [-0.4, -0.2) is 11.2 Å². The van der Waals surface area contributed by atoms with Crippen LogP contribution in [0.3, 0.4) is 0 Å². The zero-order chi connectivity index (χ0) is 12.5. The maximum absolute atomic E-state index is 10.4. The summed E-state index contributed by atoms with van der Waals surface area (Å²) in [6.07, 6.45) is 6.74. The number of allylic oxidation sites excluding steroid dienone is 1. The molecule has 0 amide bonds. The molecule has 2 aliphatic rings. The van der Waals surface area contributed by atoms with Gasteiger partial charge in [-0.3, -0.25) is 0 Å². The highest BCUT2D eigenvalue weighted by Gasteiger charge is 2.30. The van der Waals surface area contributed by atoms with Crippen LogP contribution >= 0.6 is 0 Å². The van der Waals surface area contributed by atoms with Crippen LogP contribution in [0.15, 0.2) is 29.8 Å². The molecule has 0 spiro atoms. The van der Waals surface area contributed by atoms with Crippen molar-refractivity contribution in [2.75, 3.05) is 0 Å². The number of hydrogen-bond donors (Lipinski definition) is 1. The van der Waals surface area contributed by atoms with Gasteiger partial charge in [-0.2, -0.15) is 0 Å². The Morgan fingerprint density at radius 1 is 1.22 bits per heavy atom. The molecule has 0 radical (unpaired) electrons. The second kappa shape index (κ2) is 4.89. The van der Waals surface area contributed by atoms with Gasteiger partial charge in [-0.15, -0.1) is 0 Å². The number of hydrogen-bond acceptors (Lipinski definition) is 1. The molecule has 0 aromatic heterocycles. The van der Waals surface area contributed by atoms with Crippen molar-refractivity contribution in [1.29, 1.82) is 0 Å². The average molecular weight is 242 g/mol. The summed E-state index contributed by atoms with van der Waals surface area (Å²) >= 11 is 0. The van der Waals surface area contributed by atoms with E-state index < -0.39 is 0 Å². The topological polar surface area (TPSA) is 20.2 Å². The molecule has 0 fully saturated rings. The Morgan fingerprint density at radius 2 is 2.06 bits per heavy atom. The first-order valence-electron chi connectivity index (χ1n) is 7.27. The van der Waals surface area contributed by atoms with Crippen LogP contribution in [0.1, 0.15) is 50.2 Å². The van der Waals surface area contributed by atoms with Gasteiger partial charge in [0.2, 0.25) is 0 Å². The molecule has 0 saturated heterocycles. The van der Waals surface area contributed by atoms with E-state index in [2.05, 4.69) is 31.2 Å². The molecular weight excluding hydrogens is 220 g/mol. The van der Waals surface area contributed by atoms with Crippen molar-refractivity contribution in [3.05, 3.63) is 41.0 Å². The van der Waals surface area contributed by atoms with Gasteiger partial charge in [0.25, 0.3) is 0 Å². The van der Waals surface area contributed by atoms with E-state index in [0.29, 0.717) is 0 Å². The monoisotopic (exact) mass is 242 g/mol. The Balaban J connectivity index is 1.96. The predicted molar refractivity (Wildman–Crippen MR) is 75.3 cm³/mol. The molecule has 1 N–H and O–H groups in total. The molecule has 0 bridgehead atoms. The van der Waals surface area contributed by atoms with Gasteiger partial charge in [0.15, 0.2) is 0 Å². The first-order chi connectivity index (χ1) is 8.79. The maximum Gasteiger partial charge on any atom is 0.0796 e. The molecule has 1 aromatic carbocycles. The first kappa shape index (κ1) is 12.0. The lowest BCUT2D eigenvalue weighted by Gasteiger charge is -2.34. The fraction of sp³-hybridized carbons (Fsp3) is 0.529. The summed E-state index contributed by atoms with van der Waals surface area (Å²) in [4.78, 5) is 0. The lowest BCUT2D eigenvalue weighted by Crippen LogP contribution is -2.25. The Labute approximate surface area is 110 Å². The number of aliphatic hydroxyl groups is 1. The van der Waals surface area contributed by atoms with Gasteiger partial charge in [-0.1, -0.05) is 44.0 Å². The summed E-state index contributed by atoms with van der Waals surface area (Å²) in [6, 6.07) is 8.61. The Hall–Kier alpha value is -1.08. The molecule has 18 heavy (non-hydrogen) atoms. The number of benzene rings is 1. The minimum Gasteiger partial charge on any atom is -0.388 e. The van der Waals surface area contributed by atoms with E-state index in [-0.39, 0.29) is 6.10 Å². The van der Waals surface area contributed by atoms with E-state index in [4.69, 9.17) is 0 Å². The van der Waals surface area contributed by atoms with Gasteiger partial charge in [-0.05, 0) is 47.5 Å². The number of fused-ring (bicyclic) bond motifs is 2. The second-order valence-corrected chi connectivity index (χ2v) is 5.78. The van der Waals surface area contributed by atoms with Gasteiger partial charge in [-0.25, -0.2) is 0 Å². The lowest BCUT2D eigenvalue weighted by atomic mass is 9.73. The molecule has 0 saturated carbocycles. The summed E-state index contributed by atoms with van der Waals surface area (Å²) in [6.45, 7) is 2.26. The van der Waals surface area contributed by atoms with Crippen molar-refractivity contribution in [3.8, 4) is 0 Å². The quantitative estimate of drug-likeness (QED) is 0.832. The molecular formula is C17H22O. The van der Waals surface area contributed by atoms with Crippen molar-refractivity contribution >= 4 is 5.57 Å². The Kier molecular flexibility index (Phi) is 3.25. The van der Waals surface area contributed by atoms with Crippen molar-refractivity contribution in [3.63, 3.8) is 0 Å². The van der Waals surface area contributed by atoms with E-state index in [1.807, 2.05) is 0 Å². The fourth-order valence-corrected chi connectivity index (χ4v) is 3.67. The van der Waals surface area contributed by atoms with E-state index in [1.165, 1.54) is 41.5 Å². The van der Waals surface area contributed by atoms with E-state index in [0.717, 1.165) is 25.2 Å². The molecule has 0 heterocycles. The largest absolute Gasteiger partial charge is 0.388 e. The number of rotatable bonds is 2. The summed E-state index contributed by atoms with van der Waals surface area (Å²) in [5.41, 5.74) is 5.54. The normalized spacial score (nSPS) is 26.8. The molecule has 3 rings (SSSR count). The van der Waals surface area contributed by atoms with Gasteiger partial charge >= 0.3 is 0 Å². The molecule has 1 aromatic rings. The van der Waals surface area contributed by atoms with E-state index >= 15 is 0 Å². The minimum absolute atomic E-state index is 0.227. The molecule has 2 atom stereocenters. The van der Waals surface area contributed by atoms with Crippen LogP contribution in [0, 0.1) is 5.92 Å². The molecule has 2 aliphatic carbocycles. The summed E-state index contributed by atoms with van der Waals surface area (Å²) < 4.78 is 0. The summed E-state index contributed by atoms with van der Waals surface area (Å²) in [5.74, 6) is 0.800. The molecule has 1 heteroatoms. The van der Waals surface area contributed by atoms with Crippen LogP contribution in [0.5, 0.6) is 0 Å². The predicted octanol–water partition coefficient (Wildman–Crippen LogP) is 3.96. The SMILES string of the molecule is CCCC1CCC2=C(C1)C(O)Cc1ccccc12. The average Bonchev–Trinajstić information content (AvgIpc) is 2.40. The van der Waals surface area contributed by atoms with Crippen molar-refractivity contribution < 1.29 is 5.11 Å². The zero-order valence-electron chi connectivity index (χ0n) is 11.2. The molecule has 96 valence electrons. The molecule has 1 nitrogen and oxygen atoms in total. The highest BCUT2D eigenvalue weighted by atomic mass is 16.3. The standard InChI is InChI=1S/C17H22O/c1-2-5-12-8-9-15-14-7-4-3-6-13(14)11-17(18)16(15)10-12/h3-4,6-7,12,17-18H,2,5,8-11H2,1H3.